The molecule has 1 aromatic rings. The van der Waals surface area contributed by atoms with Crippen LogP contribution in [0.4, 0.5) is 11.4 Å². The Morgan fingerprint density at radius 2 is 2.18 bits per heavy atom. The van der Waals surface area contributed by atoms with E-state index in [1.807, 2.05) is 11.9 Å². The molecule has 1 aromatic carbocycles. The van der Waals surface area contributed by atoms with Crippen LogP contribution in [-0.2, 0) is 0 Å². The lowest BCUT2D eigenvalue weighted by molar-refractivity contribution is -0.384. The van der Waals surface area contributed by atoms with Gasteiger partial charge in [0.25, 0.3) is 5.69 Å². The highest BCUT2D eigenvalue weighted by molar-refractivity contribution is 5.85. The number of hydrogen-bond acceptors (Lipinski definition) is 4. The van der Waals surface area contributed by atoms with Gasteiger partial charge in [-0.25, -0.2) is 0 Å². The minimum absolute atomic E-state index is 0.0558. The summed E-state index contributed by atoms with van der Waals surface area (Å²) >= 11 is 0. The zero-order valence-electron chi connectivity index (χ0n) is 10.0. The third-order valence-electron chi connectivity index (χ3n) is 2.61. The maximum Gasteiger partial charge on any atom is 0.270 e. The molecule has 0 amide bonds. The van der Waals surface area contributed by atoms with Crippen LogP contribution in [0.2, 0.25) is 0 Å². The summed E-state index contributed by atoms with van der Waals surface area (Å²) in [6, 6.07) is 4.35. The molecule has 0 aliphatic heterocycles. The molecule has 0 atom stereocenters. The smallest absolute Gasteiger partial charge is 0.270 e. The third kappa shape index (κ3) is 3.27. The molecule has 92 valence electrons. The van der Waals surface area contributed by atoms with Gasteiger partial charge in [-0.15, -0.1) is 0 Å². The van der Waals surface area contributed by atoms with Crippen LogP contribution in [0.5, 0.6) is 0 Å². The van der Waals surface area contributed by atoms with Crippen LogP contribution in [0.15, 0.2) is 18.2 Å². The second kappa shape index (κ2) is 5.98. The fourth-order valence-corrected chi connectivity index (χ4v) is 1.61. The highest BCUT2D eigenvalue weighted by atomic mass is 16.6. The van der Waals surface area contributed by atoms with Crippen LogP contribution >= 0.6 is 0 Å². The van der Waals surface area contributed by atoms with Gasteiger partial charge in [-0.05, 0) is 12.5 Å². The van der Waals surface area contributed by atoms with Gasteiger partial charge < -0.3 is 4.90 Å². The fourth-order valence-electron chi connectivity index (χ4n) is 1.61. The van der Waals surface area contributed by atoms with Crippen LogP contribution in [0.3, 0.4) is 0 Å². The topological polar surface area (TPSA) is 63.4 Å². The van der Waals surface area contributed by atoms with Crippen LogP contribution in [0.1, 0.15) is 30.1 Å². The minimum atomic E-state index is -0.497. The second-order valence-electron chi connectivity index (χ2n) is 3.89. The lowest BCUT2D eigenvalue weighted by atomic mass is 10.1. The van der Waals surface area contributed by atoms with E-state index >= 15 is 0 Å². The van der Waals surface area contributed by atoms with Gasteiger partial charge in [-0.3, -0.25) is 14.9 Å². The van der Waals surface area contributed by atoms with Gasteiger partial charge in [0.1, 0.15) is 0 Å². The van der Waals surface area contributed by atoms with Gasteiger partial charge in [0.05, 0.1) is 4.92 Å². The van der Waals surface area contributed by atoms with Crippen molar-refractivity contribution in [3.8, 4) is 0 Å². The number of hydrogen-bond donors (Lipinski definition) is 0. The van der Waals surface area contributed by atoms with E-state index in [4.69, 9.17) is 0 Å². The number of anilines is 1. The van der Waals surface area contributed by atoms with E-state index in [0.717, 1.165) is 25.1 Å². The number of unbranched alkanes of at least 4 members (excludes halogenated alkanes) is 1. The largest absolute Gasteiger partial charge is 0.374 e. The molecule has 0 heterocycles. The summed E-state index contributed by atoms with van der Waals surface area (Å²) in [6.07, 6.45) is 2.74. The maximum atomic E-state index is 10.9. The molecule has 0 aromatic heterocycles. The molecular weight excluding hydrogens is 220 g/mol. The van der Waals surface area contributed by atoms with Crippen molar-refractivity contribution in [1.29, 1.82) is 0 Å². The molecule has 0 bridgehead atoms. The number of nitro benzene ring substituents is 1. The summed E-state index contributed by atoms with van der Waals surface area (Å²) in [4.78, 5) is 23.0. The summed E-state index contributed by atoms with van der Waals surface area (Å²) in [6.45, 7) is 2.92. The fraction of sp³-hybridized carbons (Fsp3) is 0.417. The molecule has 0 aliphatic rings. The van der Waals surface area contributed by atoms with E-state index in [2.05, 4.69) is 6.92 Å². The van der Waals surface area contributed by atoms with Gasteiger partial charge >= 0.3 is 0 Å². The van der Waals surface area contributed by atoms with Gasteiger partial charge in [-0.1, -0.05) is 13.3 Å². The number of carbonyl (C=O) groups excluding carboxylic acids is 1. The first-order valence-corrected chi connectivity index (χ1v) is 5.55. The highest BCUT2D eigenvalue weighted by Crippen LogP contribution is 2.23. The molecule has 0 saturated carbocycles. The molecule has 0 aliphatic carbocycles. The molecule has 0 saturated heterocycles. The summed E-state index contributed by atoms with van der Waals surface area (Å²) in [5, 5.41) is 10.6. The molecule has 0 unspecified atom stereocenters. The van der Waals surface area contributed by atoms with E-state index in [9.17, 15) is 14.9 Å². The standard InChI is InChI=1S/C12H16N2O3/c1-3-4-7-13(2)12-6-5-11(14(16)17)8-10(12)9-15/h5-6,8-9H,3-4,7H2,1-2H3. The van der Waals surface area contributed by atoms with E-state index < -0.39 is 4.92 Å². The third-order valence-corrected chi connectivity index (χ3v) is 2.61. The predicted molar refractivity (Wildman–Crippen MR) is 66.7 cm³/mol. The molecule has 0 fully saturated rings. The van der Waals surface area contributed by atoms with Crippen molar-refractivity contribution >= 4 is 17.7 Å². The highest BCUT2D eigenvalue weighted by Gasteiger charge is 2.12. The SMILES string of the molecule is CCCCN(C)c1ccc([N+](=O)[O-])cc1C=O. The van der Waals surface area contributed by atoms with Crippen molar-refractivity contribution in [3.63, 3.8) is 0 Å². The Morgan fingerprint density at radius 1 is 1.47 bits per heavy atom. The first-order chi connectivity index (χ1) is 8.10. The Morgan fingerprint density at radius 3 is 2.71 bits per heavy atom. The summed E-state index contributed by atoms with van der Waals surface area (Å²) < 4.78 is 0. The quantitative estimate of drug-likeness (QED) is 0.432. The lowest BCUT2D eigenvalue weighted by Crippen LogP contribution is -2.19. The van der Waals surface area contributed by atoms with Crippen molar-refractivity contribution in [3.05, 3.63) is 33.9 Å². The number of aldehydes is 1. The van der Waals surface area contributed by atoms with Crippen LogP contribution < -0.4 is 4.90 Å². The molecule has 0 spiro atoms. The van der Waals surface area contributed by atoms with E-state index in [1.165, 1.54) is 12.1 Å². The van der Waals surface area contributed by atoms with Gasteiger partial charge in [0, 0.05) is 37.0 Å². The second-order valence-corrected chi connectivity index (χ2v) is 3.89. The van der Waals surface area contributed by atoms with Crippen molar-refractivity contribution in [2.45, 2.75) is 19.8 Å². The molecule has 17 heavy (non-hydrogen) atoms. The Labute approximate surface area is 100 Å². The summed E-state index contributed by atoms with van der Waals surface area (Å²) in [7, 11) is 1.88. The van der Waals surface area contributed by atoms with Crippen LogP contribution in [-0.4, -0.2) is 24.8 Å². The van der Waals surface area contributed by atoms with Crippen molar-refractivity contribution in [2.24, 2.45) is 0 Å². The average molecular weight is 236 g/mol. The lowest BCUT2D eigenvalue weighted by Gasteiger charge is -2.20. The first kappa shape index (κ1) is 13.2. The predicted octanol–water partition coefficient (Wildman–Crippen LogP) is 2.64. The van der Waals surface area contributed by atoms with Gasteiger partial charge in [0.15, 0.2) is 6.29 Å². The Bertz CT molecular complexity index is 418. The zero-order valence-corrected chi connectivity index (χ0v) is 10.0. The Balaban J connectivity index is 2.99. The molecule has 5 heteroatoms. The summed E-state index contributed by atoms with van der Waals surface area (Å²) in [5.41, 5.74) is 1.04. The number of rotatable bonds is 6. The summed E-state index contributed by atoms with van der Waals surface area (Å²) in [5.74, 6) is 0. The molecular formula is C12H16N2O3. The van der Waals surface area contributed by atoms with Gasteiger partial charge in [-0.2, -0.15) is 0 Å². The first-order valence-electron chi connectivity index (χ1n) is 5.55. The van der Waals surface area contributed by atoms with Crippen molar-refractivity contribution in [1.82, 2.24) is 0 Å². The number of nitrogens with zero attached hydrogens (tertiary/aromatic N) is 2. The molecule has 0 radical (unpaired) electrons. The number of non-ortho nitro benzene ring substituents is 1. The van der Waals surface area contributed by atoms with E-state index in [0.29, 0.717) is 11.8 Å². The maximum absolute atomic E-state index is 10.9. The average Bonchev–Trinajstić information content (AvgIpc) is 2.34. The molecule has 1 rings (SSSR count). The van der Waals surface area contributed by atoms with Crippen molar-refractivity contribution < 1.29 is 9.72 Å². The molecule has 5 nitrogen and oxygen atoms in total. The van der Waals surface area contributed by atoms with Crippen molar-refractivity contribution in [2.75, 3.05) is 18.5 Å². The normalized spacial score (nSPS) is 10.0. The monoisotopic (exact) mass is 236 g/mol. The number of carbonyl (C=O) groups is 1. The Kier molecular flexibility index (Phi) is 4.63. The zero-order chi connectivity index (χ0) is 12.8. The van der Waals surface area contributed by atoms with E-state index in [-0.39, 0.29) is 5.69 Å². The van der Waals surface area contributed by atoms with Crippen LogP contribution in [0, 0.1) is 10.1 Å². The van der Waals surface area contributed by atoms with Gasteiger partial charge in [0.2, 0.25) is 0 Å². The minimum Gasteiger partial charge on any atom is -0.374 e. The van der Waals surface area contributed by atoms with E-state index in [1.54, 1.807) is 6.07 Å². The van der Waals surface area contributed by atoms with Crippen LogP contribution in [0.25, 0.3) is 0 Å². The number of nitro groups is 1. The Hall–Kier alpha value is -1.91. The molecule has 0 N–H and O–H groups in total. The number of benzene rings is 1.